The van der Waals surface area contributed by atoms with Gasteiger partial charge < -0.3 is 10.6 Å². The normalized spacial score (nSPS) is 13.9. The van der Waals surface area contributed by atoms with Gasteiger partial charge in [0.05, 0.1) is 17.0 Å². The number of rotatable bonds is 6. The average Bonchev–Trinajstić information content (AvgIpc) is 2.44. The molecule has 2 unspecified atom stereocenters. The number of nitrogens with two attached hydrogens (primary N) is 1. The molecule has 1 amide bonds. The maximum absolute atomic E-state index is 12.2. The zero-order chi connectivity index (χ0) is 16.2. The van der Waals surface area contributed by atoms with Gasteiger partial charge in [-0.05, 0) is 31.0 Å². The Bertz CT molecular complexity index is 587. The first-order valence-corrected chi connectivity index (χ1v) is 8.90. The first kappa shape index (κ1) is 20.9. The Labute approximate surface area is 139 Å². The van der Waals surface area contributed by atoms with Crippen molar-refractivity contribution in [2.75, 3.05) is 13.3 Å². The van der Waals surface area contributed by atoms with Gasteiger partial charge in [0.15, 0.2) is 9.84 Å². The third kappa shape index (κ3) is 5.26. The van der Waals surface area contributed by atoms with E-state index in [4.69, 9.17) is 5.73 Å². The molecule has 0 spiro atoms. The molecule has 126 valence electrons. The summed E-state index contributed by atoms with van der Waals surface area (Å²) in [5.74, 6) is -0.100. The molecule has 0 heterocycles. The van der Waals surface area contributed by atoms with Crippen LogP contribution in [-0.4, -0.2) is 38.6 Å². The van der Waals surface area contributed by atoms with E-state index in [0.29, 0.717) is 6.42 Å². The van der Waals surface area contributed by atoms with Gasteiger partial charge in [-0.3, -0.25) is 4.79 Å². The fourth-order valence-electron chi connectivity index (χ4n) is 2.10. The lowest BCUT2D eigenvalue weighted by atomic mass is 10.1. The van der Waals surface area contributed by atoms with Gasteiger partial charge >= 0.3 is 0 Å². The summed E-state index contributed by atoms with van der Waals surface area (Å²) in [7, 11) is -1.49. The first-order chi connectivity index (χ1) is 9.68. The molecule has 0 fully saturated rings. The van der Waals surface area contributed by atoms with Crippen LogP contribution in [0.15, 0.2) is 29.2 Å². The molecule has 0 aromatic heterocycles. The predicted molar refractivity (Wildman–Crippen MR) is 90.9 cm³/mol. The van der Waals surface area contributed by atoms with Crippen molar-refractivity contribution in [2.24, 2.45) is 5.73 Å². The van der Waals surface area contributed by atoms with Crippen LogP contribution >= 0.6 is 12.4 Å². The van der Waals surface area contributed by atoms with E-state index < -0.39 is 15.9 Å². The highest BCUT2D eigenvalue weighted by atomic mass is 35.5. The third-order valence-corrected chi connectivity index (χ3v) is 4.76. The third-order valence-electron chi connectivity index (χ3n) is 3.64. The Morgan fingerprint density at radius 2 is 1.77 bits per heavy atom. The van der Waals surface area contributed by atoms with Crippen molar-refractivity contribution in [1.29, 1.82) is 0 Å². The van der Waals surface area contributed by atoms with E-state index in [2.05, 4.69) is 0 Å². The van der Waals surface area contributed by atoms with Gasteiger partial charge in [0.1, 0.15) is 0 Å². The van der Waals surface area contributed by atoms with Crippen molar-refractivity contribution in [3.05, 3.63) is 29.8 Å². The molecule has 0 aliphatic rings. The molecule has 1 aromatic rings. The monoisotopic (exact) mass is 348 g/mol. The molecule has 2 atom stereocenters. The van der Waals surface area contributed by atoms with Gasteiger partial charge in [0.2, 0.25) is 5.91 Å². The summed E-state index contributed by atoms with van der Waals surface area (Å²) in [5.41, 5.74) is 6.73. The van der Waals surface area contributed by atoms with E-state index in [0.717, 1.165) is 12.0 Å². The molecule has 2 N–H and O–H groups in total. The molecule has 22 heavy (non-hydrogen) atoms. The minimum atomic E-state index is -3.20. The van der Waals surface area contributed by atoms with Crippen molar-refractivity contribution in [3.63, 3.8) is 0 Å². The number of benzene rings is 1. The van der Waals surface area contributed by atoms with Gasteiger partial charge in [-0.15, -0.1) is 12.4 Å². The number of carbonyl (C=O) groups excluding carboxylic acids is 1. The molecule has 1 rings (SSSR count). The number of likely N-dealkylation sites (N-methyl/N-ethyl adjacent to an activating group) is 1. The standard InChI is InChI=1S/C15H24N2O3S.ClH/c1-5-6-14(16)15(18)17(3)11(2)12-7-9-13(10-8-12)21(4,19)20;/h7-11,14H,5-6,16H2,1-4H3;1H. The van der Waals surface area contributed by atoms with Gasteiger partial charge in [-0.2, -0.15) is 0 Å². The number of sulfone groups is 1. The average molecular weight is 349 g/mol. The lowest BCUT2D eigenvalue weighted by Gasteiger charge is -2.28. The molecule has 5 nitrogen and oxygen atoms in total. The van der Waals surface area contributed by atoms with Crippen molar-refractivity contribution in [2.45, 2.75) is 43.7 Å². The molecule has 0 saturated carbocycles. The van der Waals surface area contributed by atoms with E-state index in [1.807, 2.05) is 13.8 Å². The number of amides is 1. The second-order valence-electron chi connectivity index (χ2n) is 5.36. The molecular formula is C15H25ClN2O3S. The number of carbonyl (C=O) groups is 1. The summed E-state index contributed by atoms with van der Waals surface area (Å²) in [6.07, 6.45) is 2.69. The van der Waals surface area contributed by atoms with Crippen LogP contribution in [0.4, 0.5) is 0 Å². The Morgan fingerprint density at radius 1 is 1.27 bits per heavy atom. The van der Waals surface area contributed by atoms with Crippen LogP contribution in [-0.2, 0) is 14.6 Å². The zero-order valence-electron chi connectivity index (χ0n) is 13.4. The van der Waals surface area contributed by atoms with E-state index in [1.54, 1.807) is 36.2 Å². The predicted octanol–water partition coefficient (Wildman–Crippen LogP) is 2.16. The zero-order valence-corrected chi connectivity index (χ0v) is 15.1. The molecule has 0 radical (unpaired) electrons. The summed E-state index contributed by atoms with van der Waals surface area (Å²) in [6, 6.07) is 5.94. The van der Waals surface area contributed by atoms with Crippen molar-refractivity contribution in [3.8, 4) is 0 Å². The summed E-state index contributed by atoms with van der Waals surface area (Å²) in [4.78, 5) is 14.1. The summed E-state index contributed by atoms with van der Waals surface area (Å²) in [5, 5.41) is 0. The Balaban J connectivity index is 0.00000441. The van der Waals surface area contributed by atoms with E-state index in [1.165, 1.54) is 6.26 Å². The molecule has 7 heteroatoms. The van der Waals surface area contributed by atoms with Crippen molar-refractivity contribution in [1.82, 2.24) is 4.90 Å². The van der Waals surface area contributed by atoms with E-state index in [-0.39, 0.29) is 29.3 Å². The Morgan fingerprint density at radius 3 is 2.18 bits per heavy atom. The van der Waals surface area contributed by atoms with Crippen LogP contribution in [0.5, 0.6) is 0 Å². The highest BCUT2D eigenvalue weighted by molar-refractivity contribution is 7.90. The first-order valence-electron chi connectivity index (χ1n) is 7.00. The molecule has 0 aliphatic heterocycles. The number of hydrogen-bond donors (Lipinski definition) is 1. The van der Waals surface area contributed by atoms with Crippen molar-refractivity contribution < 1.29 is 13.2 Å². The summed E-state index contributed by atoms with van der Waals surface area (Å²) < 4.78 is 22.9. The minimum Gasteiger partial charge on any atom is -0.338 e. The number of nitrogens with zero attached hydrogens (tertiary/aromatic N) is 1. The van der Waals surface area contributed by atoms with Gasteiger partial charge in [-0.1, -0.05) is 25.5 Å². The Kier molecular flexibility index (Phi) is 8.07. The fourth-order valence-corrected chi connectivity index (χ4v) is 2.73. The largest absolute Gasteiger partial charge is 0.338 e. The number of hydrogen-bond acceptors (Lipinski definition) is 4. The molecule has 0 saturated heterocycles. The molecule has 0 bridgehead atoms. The quantitative estimate of drug-likeness (QED) is 0.854. The van der Waals surface area contributed by atoms with Crippen LogP contribution in [0.2, 0.25) is 0 Å². The summed E-state index contributed by atoms with van der Waals surface area (Å²) >= 11 is 0. The lowest BCUT2D eigenvalue weighted by molar-refractivity contribution is -0.133. The SMILES string of the molecule is CCCC(N)C(=O)N(C)C(C)c1ccc(S(C)(=O)=O)cc1.Cl. The van der Waals surface area contributed by atoms with Crippen LogP contribution in [0.25, 0.3) is 0 Å². The van der Waals surface area contributed by atoms with Crippen LogP contribution < -0.4 is 5.73 Å². The van der Waals surface area contributed by atoms with E-state index in [9.17, 15) is 13.2 Å². The minimum absolute atomic E-state index is 0. The van der Waals surface area contributed by atoms with Gasteiger partial charge in [-0.25, -0.2) is 8.42 Å². The highest BCUT2D eigenvalue weighted by Crippen LogP contribution is 2.21. The van der Waals surface area contributed by atoms with E-state index >= 15 is 0 Å². The van der Waals surface area contributed by atoms with Crippen LogP contribution in [0.3, 0.4) is 0 Å². The lowest BCUT2D eigenvalue weighted by Crippen LogP contribution is -2.42. The number of halogens is 1. The molecular weight excluding hydrogens is 324 g/mol. The second-order valence-corrected chi connectivity index (χ2v) is 7.38. The van der Waals surface area contributed by atoms with Crippen molar-refractivity contribution >= 4 is 28.2 Å². The molecule has 1 aromatic carbocycles. The fraction of sp³-hybridized carbons (Fsp3) is 0.533. The second kappa shape index (κ2) is 8.50. The van der Waals surface area contributed by atoms with Crippen LogP contribution in [0, 0.1) is 0 Å². The van der Waals surface area contributed by atoms with Gasteiger partial charge in [0.25, 0.3) is 0 Å². The maximum Gasteiger partial charge on any atom is 0.239 e. The van der Waals surface area contributed by atoms with Crippen LogP contribution in [0.1, 0.15) is 38.3 Å². The Hall–Kier alpha value is -1.11. The topological polar surface area (TPSA) is 80.5 Å². The van der Waals surface area contributed by atoms with Gasteiger partial charge in [0, 0.05) is 13.3 Å². The molecule has 0 aliphatic carbocycles. The maximum atomic E-state index is 12.2. The summed E-state index contributed by atoms with van der Waals surface area (Å²) in [6.45, 7) is 3.88. The highest BCUT2D eigenvalue weighted by Gasteiger charge is 2.22. The smallest absolute Gasteiger partial charge is 0.239 e.